The number of esters is 2. The fourth-order valence-electron chi connectivity index (χ4n) is 2.72. The molecule has 0 unspecified atom stereocenters. The maximum absolute atomic E-state index is 12.5. The summed E-state index contributed by atoms with van der Waals surface area (Å²) in [6.07, 6.45) is 0.229. The Balaban J connectivity index is 0.00000760. The van der Waals surface area contributed by atoms with Crippen LogP contribution >= 0.6 is 21.6 Å². The first kappa shape index (κ1) is 36.4. The van der Waals surface area contributed by atoms with Crippen molar-refractivity contribution in [3.8, 4) is 0 Å². The maximum Gasteiger partial charge on any atom is 0.345 e. The molecule has 0 heterocycles. The second kappa shape index (κ2) is 17.9. The minimum absolute atomic E-state index is 0. The summed E-state index contributed by atoms with van der Waals surface area (Å²) in [7, 11) is 4.91. The molecule has 0 saturated carbocycles. The third-order valence-electron chi connectivity index (χ3n) is 4.69. The third-order valence-corrected chi connectivity index (χ3v) is 7.07. The second-order valence-corrected chi connectivity index (χ2v) is 9.43. The van der Waals surface area contributed by atoms with Crippen LogP contribution in [0.2, 0.25) is 0 Å². The lowest BCUT2D eigenvalue weighted by atomic mass is 10.2. The van der Waals surface area contributed by atoms with E-state index in [0.29, 0.717) is 9.79 Å². The van der Waals surface area contributed by atoms with E-state index >= 15 is 0 Å². The molecular formula is C22H24Cl2N4O10S2. The van der Waals surface area contributed by atoms with E-state index in [-0.39, 0.29) is 73.8 Å². The first-order valence-corrected chi connectivity index (χ1v) is 12.8. The van der Waals surface area contributed by atoms with E-state index in [1.807, 2.05) is 0 Å². The molecule has 2 rings (SSSR count). The molecule has 2 aromatic carbocycles. The molecule has 0 aliphatic rings. The summed E-state index contributed by atoms with van der Waals surface area (Å²) in [5.41, 5.74) is -1.42. The lowest BCUT2D eigenvalue weighted by molar-refractivity contribution is -0.385. The van der Waals surface area contributed by atoms with Crippen LogP contribution in [0.1, 0.15) is 33.6 Å². The normalized spacial score (nSPS) is 9.75. The monoisotopic (exact) mass is 638 g/mol. The fourth-order valence-corrected chi connectivity index (χ4v) is 4.69. The summed E-state index contributed by atoms with van der Waals surface area (Å²) < 4.78 is 19.7. The number of carbonyl (C=O) groups is 2. The van der Waals surface area contributed by atoms with Crippen LogP contribution in [0.5, 0.6) is 0 Å². The van der Waals surface area contributed by atoms with Crippen molar-refractivity contribution in [1.29, 1.82) is 0 Å². The highest BCUT2D eigenvalue weighted by molar-refractivity contribution is 8.76. The molecule has 2 aromatic rings. The van der Waals surface area contributed by atoms with Gasteiger partial charge in [-0.05, 0) is 24.3 Å². The fraction of sp³-hybridized carbons (Fsp3) is 0.273. The van der Waals surface area contributed by atoms with Crippen LogP contribution in [0.25, 0.3) is 0 Å². The maximum atomic E-state index is 12.5. The van der Waals surface area contributed by atoms with E-state index in [4.69, 9.17) is 29.8 Å². The lowest BCUT2D eigenvalue weighted by Gasteiger charge is -2.08. The molecule has 0 aromatic heterocycles. The lowest BCUT2D eigenvalue weighted by Crippen LogP contribution is -3.00. The highest BCUT2D eigenvalue weighted by Gasteiger charge is 2.24. The first-order chi connectivity index (χ1) is 18.1. The molecule has 0 radical (unpaired) electrons. The largest absolute Gasteiger partial charge is 1.00 e. The predicted molar refractivity (Wildman–Crippen MR) is 136 cm³/mol. The molecule has 0 amide bonds. The molecular weight excluding hydrogens is 615 g/mol. The second-order valence-electron chi connectivity index (χ2n) is 7.15. The number of nitrogens with two attached hydrogens (primary N) is 2. The van der Waals surface area contributed by atoms with Gasteiger partial charge in [0.15, 0.2) is 0 Å². The van der Waals surface area contributed by atoms with Gasteiger partial charge in [0.1, 0.15) is 37.2 Å². The van der Waals surface area contributed by atoms with E-state index < -0.39 is 33.2 Å². The van der Waals surface area contributed by atoms with Crippen molar-refractivity contribution in [1.82, 2.24) is 0 Å². The molecule has 0 aliphatic heterocycles. The topological polar surface area (TPSA) is 209 Å². The van der Waals surface area contributed by atoms with Gasteiger partial charge in [0, 0.05) is 21.9 Å². The van der Waals surface area contributed by atoms with Gasteiger partial charge in [0.05, 0.1) is 24.1 Å². The van der Waals surface area contributed by atoms with Crippen LogP contribution < -0.4 is 35.6 Å². The Hall–Kier alpha value is -3.60. The molecule has 4 N–H and O–H groups in total. The molecule has 0 atom stereocenters. The van der Waals surface area contributed by atoms with Gasteiger partial charge in [-0.15, -0.1) is 0 Å². The molecule has 0 aliphatic carbocycles. The van der Waals surface area contributed by atoms with Gasteiger partial charge < -0.3 is 43.8 Å². The zero-order valence-electron chi connectivity index (χ0n) is 21.0. The number of methoxy groups -OCH3 is 2. The van der Waals surface area contributed by atoms with Crippen LogP contribution in [0.3, 0.4) is 0 Å². The van der Waals surface area contributed by atoms with Gasteiger partial charge in [-0.25, -0.2) is 20.4 Å². The third kappa shape index (κ3) is 10.9. The molecule has 0 bridgehead atoms. The van der Waals surface area contributed by atoms with Crippen LogP contribution in [-0.4, -0.2) is 61.0 Å². The number of halogens is 2. The quantitative estimate of drug-likeness (QED) is 0.0528. The summed E-state index contributed by atoms with van der Waals surface area (Å²) in [6.45, 7) is -0.279. The van der Waals surface area contributed by atoms with Crippen molar-refractivity contribution >= 4 is 56.7 Å². The van der Waals surface area contributed by atoms with Crippen molar-refractivity contribution in [2.24, 2.45) is 0 Å². The Kier molecular flexibility index (Phi) is 16.3. The SMILES string of the molecule is COC(=[NH2+])CCOC(=O)c1cc(SSc2ccc([N+](=O)[O-])c(C(=O)OCCC(=[NH2+])OC)c2)ccc1[N+](=O)[O-].[Cl-].[Cl-]. The minimum atomic E-state index is -0.917. The molecule has 0 saturated heterocycles. The molecule has 14 nitrogen and oxygen atoms in total. The van der Waals surface area contributed by atoms with Gasteiger partial charge in [-0.2, -0.15) is 0 Å². The number of hydrogen-bond acceptors (Lipinski definition) is 12. The zero-order valence-corrected chi connectivity index (χ0v) is 24.1. The standard InChI is InChI=1S/C22H22N4O10S2.2ClH/c1-33-19(23)7-9-35-21(27)15-11-13(3-5-17(15)25(29)30)37-38-14-4-6-18(26(31)32)16(12-14)22(28)36-10-8-20(24)34-2;;/h3-6,11-12,23-24H,7-10H2,1-2H3;2*1H. The number of hydrogen-bond donors (Lipinski definition) is 2. The van der Waals surface area contributed by atoms with E-state index in [0.717, 1.165) is 33.7 Å². The molecule has 18 heteroatoms. The van der Waals surface area contributed by atoms with Gasteiger partial charge in [0.25, 0.3) is 11.4 Å². The van der Waals surface area contributed by atoms with Crippen LogP contribution in [0.15, 0.2) is 46.2 Å². The van der Waals surface area contributed by atoms with E-state index in [1.165, 1.54) is 38.5 Å². The summed E-state index contributed by atoms with van der Waals surface area (Å²) >= 11 is 0. The van der Waals surface area contributed by atoms with Crippen molar-refractivity contribution in [3.63, 3.8) is 0 Å². The Bertz CT molecular complexity index is 1170. The average molecular weight is 639 g/mol. The predicted octanol–water partition coefficient (Wildman–Crippen LogP) is -4.99. The summed E-state index contributed by atoms with van der Waals surface area (Å²) in [5.74, 6) is -1.56. The van der Waals surface area contributed by atoms with E-state index in [9.17, 15) is 29.8 Å². The number of nitro groups is 2. The van der Waals surface area contributed by atoms with E-state index in [2.05, 4.69) is 0 Å². The smallest absolute Gasteiger partial charge is 0.345 e. The number of nitrogens with zero attached hydrogens (tertiary/aromatic N) is 2. The highest BCUT2D eigenvalue weighted by Crippen LogP contribution is 2.40. The van der Waals surface area contributed by atoms with Gasteiger partial charge in [-0.1, -0.05) is 21.6 Å². The average Bonchev–Trinajstić information content (AvgIpc) is 2.90. The van der Waals surface area contributed by atoms with Crippen LogP contribution in [-0.2, 0) is 18.9 Å². The van der Waals surface area contributed by atoms with E-state index in [1.54, 1.807) is 0 Å². The summed E-state index contributed by atoms with van der Waals surface area (Å²) in [5, 5.41) is 33.8. The van der Waals surface area contributed by atoms with Crippen LogP contribution in [0.4, 0.5) is 11.4 Å². The molecule has 40 heavy (non-hydrogen) atoms. The van der Waals surface area contributed by atoms with Crippen molar-refractivity contribution in [2.75, 3.05) is 27.4 Å². The van der Waals surface area contributed by atoms with Crippen LogP contribution in [0, 0.1) is 20.2 Å². The number of carbonyl (C=O) groups excluding carboxylic acids is 2. The Labute approximate surface area is 248 Å². The Morgan fingerprint density at radius 1 is 0.750 bits per heavy atom. The van der Waals surface area contributed by atoms with Gasteiger partial charge in [0.2, 0.25) is 0 Å². The number of nitro benzene ring substituents is 2. The van der Waals surface area contributed by atoms with Gasteiger partial charge >= 0.3 is 23.7 Å². The van der Waals surface area contributed by atoms with Crippen molar-refractivity contribution in [3.05, 3.63) is 67.8 Å². The Morgan fingerprint density at radius 3 is 1.40 bits per heavy atom. The zero-order chi connectivity index (χ0) is 28.2. The number of benzene rings is 2. The number of rotatable bonds is 13. The Morgan fingerprint density at radius 2 is 1.10 bits per heavy atom. The molecule has 0 spiro atoms. The van der Waals surface area contributed by atoms with Gasteiger partial charge in [-0.3, -0.25) is 20.2 Å². The first-order valence-electron chi connectivity index (χ1n) is 10.6. The summed E-state index contributed by atoms with van der Waals surface area (Å²) in [6, 6.07) is 7.77. The summed E-state index contributed by atoms with van der Waals surface area (Å²) in [4.78, 5) is 47.2. The minimum Gasteiger partial charge on any atom is -1.00 e. The highest BCUT2D eigenvalue weighted by atomic mass is 35.5. The van der Waals surface area contributed by atoms with Crippen molar-refractivity contribution < 1.29 is 74.0 Å². The van der Waals surface area contributed by atoms with Crippen molar-refractivity contribution in [2.45, 2.75) is 22.6 Å². The number of ether oxygens (including phenoxy) is 4. The molecule has 218 valence electrons. The molecule has 0 fully saturated rings.